The van der Waals surface area contributed by atoms with Crippen molar-refractivity contribution < 1.29 is 10.2 Å². The Morgan fingerprint density at radius 3 is 2.21 bits per heavy atom. The van der Waals surface area contributed by atoms with Crippen LogP contribution >= 0.6 is 0 Å². The summed E-state index contributed by atoms with van der Waals surface area (Å²) in [6.07, 6.45) is 5.20. The lowest BCUT2D eigenvalue weighted by Crippen LogP contribution is -2.51. The lowest BCUT2D eigenvalue weighted by molar-refractivity contribution is -0.101. The normalized spacial score (nSPS) is 49.9. The van der Waals surface area contributed by atoms with E-state index in [1.807, 2.05) is 6.92 Å². The molecule has 4 aliphatic rings. The van der Waals surface area contributed by atoms with Crippen LogP contribution in [-0.4, -0.2) is 15.8 Å². The van der Waals surface area contributed by atoms with Gasteiger partial charge in [0, 0.05) is 0 Å². The quantitative estimate of drug-likeness (QED) is 0.581. The van der Waals surface area contributed by atoms with Gasteiger partial charge in [-0.2, -0.15) is 0 Å². The van der Waals surface area contributed by atoms with E-state index in [2.05, 4.69) is 0 Å². The molecular formula is C12H18O2. The fraction of sp³-hybridized carbons (Fsp3) is 0.833. The summed E-state index contributed by atoms with van der Waals surface area (Å²) >= 11 is 0. The minimum atomic E-state index is -0.380. The van der Waals surface area contributed by atoms with E-state index >= 15 is 0 Å². The molecule has 2 nitrogen and oxygen atoms in total. The maximum absolute atomic E-state index is 10.3. The number of rotatable bonds is 0. The summed E-state index contributed by atoms with van der Waals surface area (Å²) in [6.45, 7) is 1.81. The van der Waals surface area contributed by atoms with Gasteiger partial charge in [0.2, 0.25) is 0 Å². The maximum Gasteiger partial charge on any atom is 0.0889 e. The van der Waals surface area contributed by atoms with Crippen LogP contribution in [0.3, 0.4) is 0 Å². The van der Waals surface area contributed by atoms with Gasteiger partial charge in [-0.15, -0.1) is 0 Å². The van der Waals surface area contributed by atoms with Gasteiger partial charge in [-0.05, 0) is 62.4 Å². The molecule has 2 heteroatoms. The molecule has 0 aromatic heterocycles. The van der Waals surface area contributed by atoms with Gasteiger partial charge in [0.1, 0.15) is 0 Å². The van der Waals surface area contributed by atoms with Gasteiger partial charge < -0.3 is 10.2 Å². The molecule has 0 aliphatic heterocycles. The van der Waals surface area contributed by atoms with E-state index in [1.165, 1.54) is 18.4 Å². The number of allylic oxidation sites excluding steroid dienone is 2. The number of aliphatic hydroxyl groups excluding tert-OH is 1. The third kappa shape index (κ3) is 1.07. The second-order valence-corrected chi connectivity index (χ2v) is 5.61. The predicted molar refractivity (Wildman–Crippen MR) is 53.8 cm³/mol. The van der Waals surface area contributed by atoms with Crippen LogP contribution in [0.15, 0.2) is 11.3 Å². The van der Waals surface area contributed by atoms with Crippen LogP contribution in [0.1, 0.15) is 39.0 Å². The Morgan fingerprint density at radius 1 is 1.21 bits per heavy atom. The topological polar surface area (TPSA) is 40.5 Å². The first-order chi connectivity index (χ1) is 6.57. The van der Waals surface area contributed by atoms with Gasteiger partial charge in [0.25, 0.3) is 0 Å². The maximum atomic E-state index is 10.3. The molecule has 2 N–H and O–H groups in total. The van der Waals surface area contributed by atoms with Crippen LogP contribution in [0.25, 0.3) is 0 Å². The van der Waals surface area contributed by atoms with E-state index in [9.17, 15) is 10.2 Å². The fourth-order valence-electron chi connectivity index (χ4n) is 4.34. The molecule has 0 spiro atoms. The molecule has 0 heterocycles. The van der Waals surface area contributed by atoms with E-state index < -0.39 is 0 Å². The van der Waals surface area contributed by atoms with Crippen molar-refractivity contribution in [1.29, 1.82) is 0 Å². The van der Waals surface area contributed by atoms with Crippen molar-refractivity contribution in [3.63, 3.8) is 0 Å². The highest BCUT2D eigenvalue weighted by molar-refractivity contribution is 5.25. The first kappa shape index (κ1) is 8.78. The van der Waals surface area contributed by atoms with Crippen molar-refractivity contribution in [3.05, 3.63) is 11.3 Å². The summed E-state index contributed by atoms with van der Waals surface area (Å²) in [7, 11) is 0. The minimum absolute atomic E-state index is 0.380. The van der Waals surface area contributed by atoms with Gasteiger partial charge in [-0.25, -0.2) is 0 Å². The molecule has 0 amide bonds. The monoisotopic (exact) mass is 194 g/mol. The smallest absolute Gasteiger partial charge is 0.0889 e. The second kappa shape index (κ2) is 2.54. The molecule has 4 saturated carbocycles. The lowest BCUT2D eigenvalue weighted by Gasteiger charge is -2.55. The molecule has 2 unspecified atom stereocenters. The summed E-state index contributed by atoms with van der Waals surface area (Å²) in [5, 5.41) is 20.0. The third-order valence-electron chi connectivity index (χ3n) is 4.45. The highest BCUT2D eigenvalue weighted by Crippen LogP contribution is 2.58. The van der Waals surface area contributed by atoms with Crippen LogP contribution in [-0.2, 0) is 0 Å². The Bertz CT molecular complexity index is 283. The molecule has 4 bridgehead atoms. The van der Waals surface area contributed by atoms with Crippen molar-refractivity contribution in [3.8, 4) is 0 Å². The first-order valence-corrected chi connectivity index (χ1v) is 5.69. The summed E-state index contributed by atoms with van der Waals surface area (Å²) < 4.78 is 0. The summed E-state index contributed by atoms with van der Waals surface area (Å²) in [6, 6.07) is 0. The third-order valence-corrected chi connectivity index (χ3v) is 4.45. The lowest BCUT2D eigenvalue weighted by atomic mass is 9.52. The van der Waals surface area contributed by atoms with Crippen molar-refractivity contribution in [1.82, 2.24) is 0 Å². The van der Waals surface area contributed by atoms with Gasteiger partial charge in [0.15, 0.2) is 0 Å². The molecule has 4 rings (SSSR count). The highest BCUT2D eigenvalue weighted by Gasteiger charge is 2.52. The zero-order chi connectivity index (χ0) is 9.92. The average Bonchev–Trinajstić information content (AvgIpc) is 1.97. The minimum Gasteiger partial charge on any atom is -0.513 e. The van der Waals surface area contributed by atoms with Crippen molar-refractivity contribution in [2.45, 2.75) is 44.6 Å². The Balaban J connectivity index is 2.01. The van der Waals surface area contributed by atoms with E-state index in [0.717, 1.165) is 25.2 Å². The first-order valence-electron chi connectivity index (χ1n) is 5.69. The van der Waals surface area contributed by atoms with Crippen molar-refractivity contribution in [2.24, 2.45) is 17.8 Å². The Morgan fingerprint density at radius 2 is 1.79 bits per heavy atom. The van der Waals surface area contributed by atoms with Crippen molar-refractivity contribution >= 4 is 0 Å². The second-order valence-electron chi connectivity index (χ2n) is 5.61. The van der Waals surface area contributed by atoms with E-state index in [-0.39, 0.29) is 5.60 Å². The van der Waals surface area contributed by atoms with Crippen LogP contribution in [0.5, 0.6) is 0 Å². The van der Waals surface area contributed by atoms with E-state index in [4.69, 9.17) is 0 Å². The van der Waals surface area contributed by atoms with Crippen LogP contribution in [0.2, 0.25) is 0 Å². The SMILES string of the molecule is CC(O)=C1C2CC3CC1CC(O)(C3)C2. The van der Waals surface area contributed by atoms with E-state index in [1.54, 1.807) is 0 Å². The highest BCUT2D eigenvalue weighted by atomic mass is 16.3. The largest absolute Gasteiger partial charge is 0.513 e. The molecule has 4 aliphatic carbocycles. The molecule has 0 aromatic carbocycles. The predicted octanol–water partition coefficient (Wildman–Crippen LogP) is 2.39. The number of aliphatic hydroxyl groups is 2. The van der Waals surface area contributed by atoms with Gasteiger partial charge in [-0.3, -0.25) is 0 Å². The van der Waals surface area contributed by atoms with Crippen LogP contribution < -0.4 is 0 Å². The average molecular weight is 194 g/mol. The number of hydrogen-bond donors (Lipinski definition) is 2. The van der Waals surface area contributed by atoms with Crippen LogP contribution in [0.4, 0.5) is 0 Å². The Labute approximate surface area is 84.6 Å². The van der Waals surface area contributed by atoms with Crippen molar-refractivity contribution in [2.75, 3.05) is 0 Å². The summed E-state index contributed by atoms with van der Waals surface area (Å²) in [5.41, 5.74) is 0.890. The molecule has 14 heavy (non-hydrogen) atoms. The number of hydrogen-bond acceptors (Lipinski definition) is 2. The summed E-state index contributed by atoms with van der Waals surface area (Å²) in [5.74, 6) is 2.22. The molecule has 78 valence electrons. The van der Waals surface area contributed by atoms with Gasteiger partial charge in [-0.1, -0.05) is 0 Å². The van der Waals surface area contributed by atoms with Crippen LogP contribution in [0, 0.1) is 17.8 Å². The fourth-order valence-corrected chi connectivity index (χ4v) is 4.34. The van der Waals surface area contributed by atoms with Gasteiger partial charge >= 0.3 is 0 Å². The summed E-state index contributed by atoms with van der Waals surface area (Å²) in [4.78, 5) is 0. The molecule has 0 saturated heterocycles. The van der Waals surface area contributed by atoms with Gasteiger partial charge in [0.05, 0.1) is 11.4 Å². The standard InChI is InChI=1S/C12H18O2/c1-7(13)11-9-2-8-3-10(11)6-12(14,4-8)5-9/h8-10,13-14H,2-6H2,1H3. The molecule has 2 atom stereocenters. The molecule has 0 aromatic rings. The zero-order valence-electron chi connectivity index (χ0n) is 8.66. The Hall–Kier alpha value is -0.500. The Kier molecular flexibility index (Phi) is 1.59. The molecule has 0 radical (unpaired) electrons. The molecule has 4 fully saturated rings. The molecular weight excluding hydrogens is 176 g/mol. The zero-order valence-corrected chi connectivity index (χ0v) is 8.66. The van der Waals surface area contributed by atoms with E-state index in [0.29, 0.717) is 17.6 Å².